The molecule has 0 amide bonds. The Labute approximate surface area is 95.8 Å². The van der Waals surface area contributed by atoms with Gasteiger partial charge in [-0.3, -0.25) is 10.1 Å². The Bertz CT molecular complexity index is 594. The van der Waals surface area contributed by atoms with Gasteiger partial charge in [-0.1, -0.05) is 0 Å². The van der Waals surface area contributed by atoms with Crippen LogP contribution in [0.5, 0.6) is 0 Å². The van der Waals surface area contributed by atoms with Crippen LogP contribution in [-0.4, -0.2) is 22.0 Å². The Balaban J connectivity index is 1.92. The molecule has 3 rings (SSSR count). The van der Waals surface area contributed by atoms with Crippen molar-refractivity contribution in [3.63, 3.8) is 0 Å². The number of benzene rings is 1. The predicted molar refractivity (Wildman–Crippen MR) is 60.7 cm³/mol. The molecule has 2 aromatic rings. The van der Waals surface area contributed by atoms with Crippen molar-refractivity contribution >= 4 is 22.8 Å². The molecule has 1 aliphatic rings. The van der Waals surface area contributed by atoms with E-state index in [2.05, 4.69) is 10.3 Å². The normalized spacial score (nSPS) is 22.6. The number of aromatic nitrogens is 1. The van der Waals surface area contributed by atoms with Crippen LogP contribution in [0.2, 0.25) is 0 Å². The van der Waals surface area contributed by atoms with E-state index in [1.165, 1.54) is 12.1 Å². The number of nitrogens with zero attached hydrogens (tertiary/aromatic N) is 2. The fourth-order valence-corrected chi connectivity index (χ4v) is 1.63. The zero-order valence-corrected chi connectivity index (χ0v) is 8.79. The molecule has 7 nitrogen and oxygen atoms in total. The largest absolute Gasteiger partial charge is 0.423 e. The van der Waals surface area contributed by atoms with Gasteiger partial charge in [0.05, 0.1) is 11.0 Å². The highest BCUT2D eigenvalue weighted by atomic mass is 16.6. The zero-order chi connectivity index (χ0) is 12.0. The lowest BCUT2D eigenvalue weighted by Gasteiger charge is -1.95. The van der Waals surface area contributed by atoms with E-state index in [1.54, 1.807) is 6.07 Å². The molecule has 1 fully saturated rings. The van der Waals surface area contributed by atoms with Gasteiger partial charge >= 0.3 is 0 Å². The highest BCUT2D eigenvalue weighted by Crippen LogP contribution is 2.27. The van der Waals surface area contributed by atoms with Gasteiger partial charge in [0.1, 0.15) is 5.52 Å². The molecule has 17 heavy (non-hydrogen) atoms. The Morgan fingerprint density at radius 2 is 2.35 bits per heavy atom. The van der Waals surface area contributed by atoms with Crippen LogP contribution in [-0.2, 0) is 0 Å². The number of nitrogens with two attached hydrogens (primary N) is 1. The van der Waals surface area contributed by atoms with Crippen molar-refractivity contribution in [1.82, 2.24) is 4.98 Å². The third-order valence-corrected chi connectivity index (χ3v) is 2.73. The van der Waals surface area contributed by atoms with Gasteiger partial charge in [-0.05, 0) is 12.5 Å². The van der Waals surface area contributed by atoms with Crippen molar-refractivity contribution in [1.29, 1.82) is 0 Å². The fraction of sp³-hybridized carbons (Fsp3) is 0.300. The van der Waals surface area contributed by atoms with Crippen molar-refractivity contribution in [3.05, 3.63) is 28.3 Å². The average Bonchev–Trinajstić information content (AvgIpc) is 2.83. The van der Waals surface area contributed by atoms with Gasteiger partial charge in [-0.25, -0.2) is 0 Å². The van der Waals surface area contributed by atoms with Crippen LogP contribution in [0.1, 0.15) is 6.42 Å². The summed E-state index contributed by atoms with van der Waals surface area (Å²) in [5.41, 5.74) is 6.63. The lowest BCUT2D eigenvalue weighted by molar-refractivity contribution is -0.384. The number of non-ortho nitro benzene ring substituents is 1. The van der Waals surface area contributed by atoms with Gasteiger partial charge in [-0.2, -0.15) is 4.98 Å². The van der Waals surface area contributed by atoms with E-state index in [1.807, 2.05) is 0 Å². The lowest BCUT2D eigenvalue weighted by Crippen LogP contribution is -2.13. The average molecular weight is 234 g/mol. The summed E-state index contributed by atoms with van der Waals surface area (Å²) in [6.07, 6.45) is 0.888. The molecule has 0 radical (unpaired) electrons. The van der Waals surface area contributed by atoms with Gasteiger partial charge in [-0.15, -0.1) is 0 Å². The summed E-state index contributed by atoms with van der Waals surface area (Å²) in [6.45, 7) is 0. The van der Waals surface area contributed by atoms with E-state index in [-0.39, 0.29) is 17.8 Å². The van der Waals surface area contributed by atoms with Gasteiger partial charge in [0.25, 0.3) is 11.7 Å². The van der Waals surface area contributed by atoms with E-state index >= 15 is 0 Å². The summed E-state index contributed by atoms with van der Waals surface area (Å²) in [5, 5.41) is 13.6. The first kappa shape index (κ1) is 10.0. The molecular formula is C10H10N4O3. The van der Waals surface area contributed by atoms with Crippen LogP contribution in [0.3, 0.4) is 0 Å². The van der Waals surface area contributed by atoms with Gasteiger partial charge in [0.15, 0.2) is 5.58 Å². The van der Waals surface area contributed by atoms with Crippen molar-refractivity contribution in [3.8, 4) is 0 Å². The monoisotopic (exact) mass is 234 g/mol. The summed E-state index contributed by atoms with van der Waals surface area (Å²) in [6, 6.07) is 5.02. The number of oxazole rings is 1. The maximum absolute atomic E-state index is 10.6. The second-order valence-electron chi connectivity index (χ2n) is 4.08. The topological polar surface area (TPSA) is 107 Å². The molecular weight excluding hydrogens is 224 g/mol. The van der Waals surface area contributed by atoms with E-state index in [0.717, 1.165) is 6.42 Å². The lowest BCUT2D eigenvalue weighted by atomic mass is 10.3. The number of nitro groups is 1. The highest BCUT2D eigenvalue weighted by molar-refractivity contribution is 5.77. The fourth-order valence-electron chi connectivity index (χ4n) is 1.63. The molecule has 3 N–H and O–H groups in total. The van der Waals surface area contributed by atoms with Gasteiger partial charge in [0, 0.05) is 18.2 Å². The molecule has 1 aliphatic carbocycles. The van der Waals surface area contributed by atoms with Crippen molar-refractivity contribution in [2.75, 3.05) is 5.32 Å². The van der Waals surface area contributed by atoms with Crippen molar-refractivity contribution in [2.24, 2.45) is 5.73 Å². The molecule has 1 aromatic carbocycles. The van der Waals surface area contributed by atoms with Crippen molar-refractivity contribution < 1.29 is 9.34 Å². The smallest absolute Gasteiger partial charge is 0.295 e. The standard InChI is InChI=1S/C10H10N4O3/c11-6-4-8(6)13-10-12-7-2-1-5(14(15)16)3-9(7)17-10/h1-3,6,8H,4,11H2,(H,12,13). The van der Waals surface area contributed by atoms with Crippen molar-refractivity contribution in [2.45, 2.75) is 18.5 Å². The molecule has 0 aliphatic heterocycles. The predicted octanol–water partition coefficient (Wildman–Crippen LogP) is 1.25. The minimum Gasteiger partial charge on any atom is -0.423 e. The first-order valence-corrected chi connectivity index (χ1v) is 5.20. The first-order chi connectivity index (χ1) is 8.13. The third-order valence-electron chi connectivity index (χ3n) is 2.73. The molecule has 88 valence electrons. The van der Waals surface area contributed by atoms with Gasteiger partial charge in [0.2, 0.25) is 0 Å². The van der Waals surface area contributed by atoms with Crippen LogP contribution in [0.15, 0.2) is 22.6 Å². The Kier molecular flexibility index (Phi) is 2.02. The Morgan fingerprint density at radius 1 is 1.59 bits per heavy atom. The Morgan fingerprint density at radius 3 is 3.00 bits per heavy atom. The SMILES string of the molecule is NC1CC1Nc1nc2ccc([N+](=O)[O-])cc2o1. The van der Waals surface area contributed by atoms with Crippen LogP contribution < -0.4 is 11.1 Å². The highest BCUT2D eigenvalue weighted by Gasteiger charge is 2.34. The molecule has 1 aromatic heterocycles. The molecule has 2 atom stereocenters. The molecule has 0 saturated heterocycles. The molecule has 1 saturated carbocycles. The molecule has 1 heterocycles. The Hall–Kier alpha value is -2.15. The minimum atomic E-state index is -0.466. The quantitative estimate of drug-likeness (QED) is 0.611. The zero-order valence-electron chi connectivity index (χ0n) is 8.79. The van der Waals surface area contributed by atoms with Gasteiger partial charge < -0.3 is 15.5 Å². The summed E-state index contributed by atoms with van der Waals surface area (Å²) < 4.78 is 5.38. The summed E-state index contributed by atoms with van der Waals surface area (Å²) >= 11 is 0. The molecule has 0 spiro atoms. The first-order valence-electron chi connectivity index (χ1n) is 5.20. The van der Waals surface area contributed by atoms with E-state index in [0.29, 0.717) is 17.1 Å². The maximum Gasteiger partial charge on any atom is 0.295 e. The summed E-state index contributed by atoms with van der Waals surface area (Å²) in [5.74, 6) is 0. The number of hydrogen-bond donors (Lipinski definition) is 2. The third kappa shape index (κ3) is 1.80. The van der Waals surface area contributed by atoms with E-state index in [4.69, 9.17) is 10.2 Å². The number of fused-ring (bicyclic) bond motifs is 1. The number of anilines is 1. The van der Waals surface area contributed by atoms with Crippen LogP contribution in [0.25, 0.3) is 11.1 Å². The van der Waals surface area contributed by atoms with Crippen LogP contribution in [0, 0.1) is 10.1 Å². The van der Waals surface area contributed by atoms with E-state index in [9.17, 15) is 10.1 Å². The molecule has 2 unspecified atom stereocenters. The second-order valence-corrected chi connectivity index (χ2v) is 4.08. The second kappa shape index (κ2) is 3.42. The van der Waals surface area contributed by atoms with Crippen LogP contribution >= 0.6 is 0 Å². The summed E-state index contributed by atoms with van der Waals surface area (Å²) in [4.78, 5) is 14.3. The number of rotatable bonds is 3. The number of nitro benzene ring substituents is 1. The molecule has 0 bridgehead atoms. The minimum absolute atomic E-state index is 0.0108. The molecule has 7 heteroatoms. The van der Waals surface area contributed by atoms with E-state index < -0.39 is 4.92 Å². The number of nitrogens with one attached hydrogen (secondary N) is 1. The maximum atomic E-state index is 10.6. The van der Waals surface area contributed by atoms with Crippen LogP contribution in [0.4, 0.5) is 11.7 Å². The number of hydrogen-bond acceptors (Lipinski definition) is 6. The summed E-state index contributed by atoms with van der Waals surface area (Å²) in [7, 11) is 0.